The van der Waals surface area contributed by atoms with Crippen LogP contribution in [0.25, 0.3) is 0 Å². The molecule has 0 bridgehead atoms. The van der Waals surface area contributed by atoms with E-state index in [9.17, 15) is 9.18 Å². The lowest BCUT2D eigenvalue weighted by Crippen LogP contribution is -2.06. The zero-order chi connectivity index (χ0) is 11.4. The van der Waals surface area contributed by atoms with Gasteiger partial charge in [-0.2, -0.15) is 0 Å². The molecule has 0 aromatic heterocycles. The minimum atomic E-state index is -0.870. The molecule has 1 aromatic carbocycles. The molecular formula is C10H12FNO2S. The highest BCUT2D eigenvalue weighted by atomic mass is 32.2. The molecule has 0 saturated carbocycles. The van der Waals surface area contributed by atoms with Crippen molar-refractivity contribution in [1.29, 1.82) is 0 Å². The normalized spacial score (nSPS) is 12.4. The second-order valence-electron chi connectivity index (χ2n) is 3.21. The summed E-state index contributed by atoms with van der Waals surface area (Å²) >= 11 is 1.27. The van der Waals surface area contributed by atoms with Crippen LogP contribution in [0.1, 0.15) is 13.3 Å². The van der Waals surface area contributed by atoms with Gasteiger partial charge in [0, 0.05) is 15.8 Å². The van der Waals surface area contributed by atoms with E-state index < -0.39 is 5.97 Å². The van der Waals surface area contributed by atoms with E-state index in [2.05, 4.69) is 0 Å². The molecule has 1 atom stereocenters. The van der Waals surface area contributed by atoms with Crippen LogP contribution in [-0.4, -0.2) is 16.3 Å². The molecule has 0 amide bonds. The van der Waals surface area contributed by atoms with Crippen LogP contribution in [0.3, 0.4) is 0 Å². The fourth-order valence-electron chi connectivity index (χ4n) is 1.11. The summed E-state index contributed by atoms with van der Waals surface area (Å²) < 4.78 is 12.9. The largest absolute Gasteiger partial charge is 0.481 e. The maximum absolute atomic E-state index is 12.9. The molecule has 0 heterocycles. The van der Waals surface area contributed by atoms with Gasteiger partial charge >= 0.3 is 5.97 Å². The second kappa shape index (κ2) is 5.02. The summed E-state index contributed by atoms with van der Waals surface area (Å²) in [5.41, 5.74) is 6.10. The Balaban J connectivity index is 2.71. The summed E-state index contributed by atoms with van der Waals surface area (Å²) in [6.07, 6.45) is 0.0284. The summed E-state index contributed by atoms with van der Waals surface area (Å²) in [6.45, 7) is 1.77. The Labute approximate surface area is 91.5 Å². The first-order valence-electron chi connectivity index (χ1n) is 4.42. The number of hydrogen-bond donors (Lipinski definition) is 2. The monoisotopic (exact) mass is 229 g/mol. The fraction of sp³-hybridized carbons (Fsp3) is 0.300. The maximum Gasteiger partial charge on any atom is 0.304 e. The second-order valence-corrected chi connectivity index (χ2v) is 4.69. The number of nitrogens with two attached hydrogens (primary N) is 1. The SMILES string of the molecule is CC(CC(=O)O)Sc1cc(F)ccc1N. The zero-order valence-corrected chi connectivity index (χ0v) is 9.05. The van der Waals surface area contributed by atoms with Crippen molar-refractivity contribution in [2.45, 2.75) is 23.5 Å². The number of carboxylic acid groups (broad SMARTS) is 1. The molecular weight excluding hydrogens is 217 g/mol. The van der Waals surface area contributed by atoms with E-state index in [1.807, 2.05) is 0 Å². The number of thioether (sulfide) groups is 1. The molecule has 0 saturated heterocycles. The van der Waals surface area contributed by atoms with Crippen LogP contribution in [0.5, 0.6) is 0 Å². The Hall–Kier alpha value is -1.23. The third-order valence-electron chi connectivity index (χ3n) is 1.77. The predicted octanol–water partition coefficient (Wildman–Crippen LogP) is 2.36. The average Bonchev–Trinajstić information content (AvgIpc) is 2.10. The quantitative estimate of drug-likeness (QED) is 0.614. The number of carbonyl (C=O) groups is 1. The Morgan fingerprint density at radius 3 is 2.93 bits per heavy atom. The topological polar surface area (TPSA) is 63.3 Å². The van der Waals surface area contributed by atoms with E-state index in [1.54, 1.807) is 6.92 Å². The first-order chi connectivity index (χ1) is 6.99. The zero-order valence-electron chi connectivity index (χ0n) is 8.24. The number of benzene rings is 1. The van der Waals surface area contributed by atoms with Gasteiger partial charge in [0.25, 0.3) is 0 Å². The predicted molar refractivity (Wildman–Crippen MR) is 58.4 cm³/mol. The van der Waals surface area contributed by atoms with E-state index in [-0.39, 0.29) is 17.5 Å². The van der Waals surface area contributed by atoms with Crippen LogP contribution >= 0.6 is 11.8 Å². The first kappa shape index (κ1) is 11.8. The molecule has 1 unspecified atom stereocenters. The van der Waals surface area contributed by atoms with Crippen LogP contribution in [-0.2, 0) is 4.79 Å². The molecule has 0 aliphatic heterocycles. The molecule has 0 spiro atoms. The number of hydrogen-bond acceptors (Lipinski definition) is 3. The summed E-state index contributed by atoms with van der Waals surface area (Å²) in [5.74, 6) is -1.24. The molecule has 5 heteroatoms. The summed E-state index contributed by atoms with van der Waals surface area (Å²) in [6, 6.07) is 4.07. The van der Waals surface area contributed by atoms with Crippen LogP contribution in [0.4, 0.5) is 10.1 Å². The Morgan fingerprint density at radius 2 is 2.33 bits per heavy atom. The Morgan fingerprint density at radius 1 is 1.67 bits per heavy atom. The Kier molecular flexibility index (Phi) is 3.96. The van der Waals surface area contributed by atoms with Gasteiger partial charge in [-0.15, -0.1) is 11.8 Å². The molecule has 82 valence electrons. The van der Waals surface area contributed by atoms with Gasteiger partial charge in [0.05, 0.1) is 6.42 Å². The minimum Gasteiger partial charge on any atom is -0.481 e. The lowest BCUT2D eigenvalue weighted by atomic mass is 10.3. The molecule has 0 aliphatic rings. The van der Waals surface area contributed by atoms with E-state index in [0.29, 0.717) is 10.6 Å². The van der Waals surface area contributed by atoms with Gasteiger partial charge in [-0.3, -0.25) is 4.79 Å². The van der Waals surface area contributed by atoms with Crippen molar-refractivity contribution in [2.24, 2.45) is 0 Å². The molecule has 3 nitrogen and oxygen atoms in total. The summed E-state index contributed by atoms with van der Waals surface area (Å²) in [5, 5.41) is 8.43. The van der Waals surface area contributed by atoms with Gasteiger partial charge in [-0.05, 0) is 18.2 Å². The van der Waals surface area contributed by atoms with E-state index in [1.165, 1.54) is 30.0 Å². The number of aliphatic carboxylic acids is 1. The molecule has 15 heavy (non-hydrogen) atoms. The van der Waals surface area contributed by atoms with Crippen molar-refractivity contribution in [2.75, 3.05) is 5.73 Å². The van der Waals surface area contributed by atoms with Crippen LogP contribution < -0.4 is 5.73 Å². The highest BCUT2D eigenvalue weighted by Gasteiger charge is 2.11. The summed E-state index contributed by atoms with van der Waals surface area (Å²) in [7, 11) is 0. The molecule has 0 aliphatic carbocycles. The Bertz CT molecular complexity index is 370. The van der Waals surface area contributed by atoms with Crippen molar-refractivity contribution in [1.82, 2.24) is 0 Å². The van der Waals surface area contributed by atoms with E-state index in [4.69, 9.17) is 10.8 Å². The number of halogens is 1. The smallest absolute Gasteiger partial charge is 0.304 e. The van der Waals surface area contributed by atoms with E-state index >= 15 is 0 Å². The van der Waals surface area contributed by atoms with Crippen molar-refractivity contribution in [3.63, 3.8) is 0 Å². The van der Waals surface area contributed by atoms with Gasteiger partial charge < -0.3 is 10.8 Å². The van der Waals surface area contributed by atoms with Crippen LogP contribution in [0, 0.1) is 5.82 Å². The molecule has 1 aromatic rings. The molecule has 0 radical (unpaired) electrons. The first-order valence-corrected chi connectivity index (χ1v) is 5.30. The summed E-state index contributed by atoms with van der Waals surface area (Å²) in [4.78, 5) is 11.0. The van der Waals surface area contributed by atoms with Crippen LogP contribution in [0.15, 0.2) is 23.1 Å². The van der Waals surface area contributed by atoms with Crippen molar-refractivity contribution >= 4 is 23.4 Å². The van der Waals surface area contributed by atoms with Gasteiger partial charge in [0.15, 0.2) is 0 Å². The molecule has 0 fully saturated rings. The van der Waals surface area contributed by atoms with E-state index in [0.717, 1.165) is 0 Å². The third-order valence-corrected chi connectivity index (χ3v) is 2.94. The van der Waals surface area contributed by atoms with Crippen LogP contribution in [0.2, 0.25) is 0 Å². The van der Waals surface area contributed by atoms with Gasteiger partial charge in [0.2, 0.25) is 0 Å². The molecule has 3 N–H and O–H groups in total. The number of carboxylic acids is 1. The molecule has 1 rings (SSSR count). The lowest BCUT2D eigenvalue weighted by molar-refractivity contribution is -0.136. The highest BCUT2D eigenvalue weighted by Crippen LogP contribution is 2.30. The standard InChI is InChI=1S/C10H12FNO2S/c1-6(4-10(13)14)15-9-5-7(11)2-3-8(9)12/h2-3,5-6H,4,12H2,1H3,(H,13,14). The maximum atomic E-state index is 12.9. The van der Waals surface area contributed by atoms with Crippen molar-refractivity contribution in [3.05, 3.63) is 24.0 Å². The van der Waals surface area contributed by atoms with Crippen molar-refractivity contribution in [3.8, 4) is 0 Å². The number of rotatable bonds is 4. The average molecular weight is 229 g/mol. The number of anilines is 1. The number of nitrogen functional groups attached to an aromatic ring is 1. The third kappa shape index (κ3) is 3.79. The van der Waals surface area contributed by atoms with Gasteiger partial charge in [0.1, 0.15) is 5.82 Å². The van der Waals surface area contributed by atoms with Gasteiger partial charge in [-0.1, -0.05) is 6.92 Å². The fourth-order valence-corrected chi connectivity index (χ4v) is 2.16. The van der Waals surface area contributed by atoms with Crippen molar-refractivity contribution < 1.29 is 14.3 Å². The van der Waals surface area contributed by atoms with Gasteiger partial charge in [-0.25, -0.2) is 4.39 Å². The minimum absolute atomic E-state index is 0.0284. The lowest BCUT2D eigenvalue weighted by Gasteiger charge is -2.10. The highest BCUT2D eigenvalue weighted by molar-refractivity contribution is 8.00.